The maximum absolute atomic E-state index is 14.6. The number of nitrogens with zero attached hydrogens (tertiary/aromatic N) is 4. The summed E-state index contributed by atoms with van der Waals surface area (Å²) in [6, 6.07) is 13.2. The van der Waals surface area contributed by atoms with E-state index in [1.54, 1.807) is 32.1 Å². The molecule has 1 unspecified atom stereocenters. The van der Waals surface area contributed by atoms with Gasteiger partial charge < -0.3 is 29.2 Å². The molecule has 0 radical (unpaired) electrons. The second-order valence-corrected chi connectivity index (χ2v) is 13.7. The van der Waals surface area contributed by atoms with Crippen molar-refractivity contribution in [2.45, 2.75) is 45.5 Å². The van der Waals surface area contributed by atoms with Gasteiger partial charge in [0.25, 0.3) is 5.56 Å². The number of alkyl halides is 3. The average molecular weight is 784 g/mol. The van der Waals surface area contributed by atoms with Crippen LogP contribution < -0.4 is 30.2 Å². The van der Waals surface area contributed by atoms with Crippen LogP contribution in [0.25, 0.3) is 34.1 Å². The van der Waals surface area contributed by atoms with E-state index in [-0.39, 0.29) is 62.7 Å². The van der Waals surface area contributed by atoms with Crippen molar-refractivity contribution >= 4 is 22.9 Å². The Bertz CT molecular complexity index is 2840. The van der Waals surface area contributed by atoms with Gasteiger partial charge in [-0.1, -0.05) is 6.07 Å². The number of aromatic amines is 1. The van der Waals surface area contributed by atoms with Crippen LogP contribution in [0, 0.1) is 13.8 Å². The maximum atomic E-state index is 14.6. The molecule has 0 spiro atoms. The molecule has 0 amide bonds. The van der Waals surface area contributed by atoms with Crippen LogP contribution in [0.2, 0.25) is 0 Å². The van der Waals surface area contributed by atoms with E-state index in [1.165, 1.54) is 54.7 Å². The summed E-state index contributed by atoms with van der Waals surface area (Å²) >= 11 is 0. The molecule has 0 saturated heterocycles. The summed E-state index contributed by atoms with van der Waals surface area (Å²) < 4.78 is 62.2. The number of hydrogen-bond acceptors (Lipinski definition) is 11. The van der Waals surface area contributed by atoms with Gasteiger partial charge in [-0.25, -0.2) is 14.5 Å². The minimum absolute atomic E-state index is 0.00615. The topological polar surface area (TPSA) is 180 Å². The number of hydrogen-bond donors (Lipinski definition) is 3. The number of pyridine rings is 1. The standard InChI is InChI=1S/C40H32F3N5O9/c1-18-32(49)30(24-12-11-23-36(44-24)47(38(53)45-37(23)52)15-14-20-6-13-26(54-4)27(16-20)55-5)34-31(33(18)50)39(3)28(56-34)17-25-29(35(39)51)19(2)46-48(25)21-7-9-22(10-8-21)57-40(41,42)43/h6-13,16-17,49-50H,14-15H2,1-5H3,(H,45,52,53). The van der Waals surface area contributed by atoms with Crippen molar-refractivity contribution in [2.24, 2.45) is 0 Å². The number of methoxy groups -OCH3 is 2. The minimum atomic E-state index is -4.89. The third kappa shape index (κ3) is 5.76. The molecule has 292 valence electrons. The number of nitrogens with one attached hydrogen (secondary N) is 1. The first kappa shape index (κ1) is 36.9. The second-order valence-electron chi connectivity index (χ2n) is 13.7. The Hall–Kier alpha value is -7.04. The Balaban J connectivity index is 1.24. The first-order valence-electron chi connectivity index (χ1n) is 17.4. The number of H-pyrrole nitrogens is 1. The zero-order valence-electron chi connectivity index (χ0n) is 30.9. The number of fused-ring (bicyclic) bond motifs is 5. The number of ether oxygens (including phenoxy) is 4. The molecule has 6 aromatic rings. The van der Waals surface area contributed by atoms with Crippen LogP contribution in [0.1, 0.15) is 45.4 Å². The molecule has 0 fully saturated rings. The largest absolute Gasteiger partial charge is 0.573 e. The average Bonchev–Trinajstić information content (AvgIpc) is 3.66. The Labute approximate surface area is 320 Å². The van der Waals surface area contributed by atoms with Gasteiger partial charge in [0.05, 0.1) is 59.1 Å². The Kier molecular flexibility index (Phi) is 8.44. The van der Waals surface area contributed by atoms with Gasteiger partial charge in [-0.2, -0.15) is 5.10 Å². The van der Waals surface area contributed by atoms with Crippen molar-refractivity contribution in [1.29, 1.82) is 0 Å². The molecule has 57 heavy (non-hydrogen) atoms. The van der Waals surface area contributed by atoms with Crippen molar-refractivity contribution in [3.8, 4) is 51.4 Å². The predicted octanol–water partition coefficient (Wildman–Crippen LogP) is 6.01. The fourth-order valence-corrected chi connectivity index (χ4v) is 7.47. The van der Waals surface area contributed by atoms with Gasteiger partial charge in [-0.3, -0.25) is 19.1 Å². The van der Waals surface area contributed by atoms with Gasteiger partial charge >= 0.3 is 12.1 Å². The number of carbonyl (C=O) groups is 1. The van der Waals surface area contributed by atoms with Crippen LogP contribution in [-0.4, -0.2) is 60.9 Å². The van der Waals surface area contributed by atoms with E-state index in [0.29, 0.717) is 29.3 Å². The number of aryl methyl sites for hydroxylation is 3. The zero-order valence-corrected chi connectivity index (χ0v) is 30.9. The number of ketones is 1. The third-order valence-corrected chi connectivity index (χ3v) is 10.4. The highest BCUT2D eigenvalue weighted by atomic mass is 19.4. The molecule has 2 aliphatic rings. The number of Topliss-reactive ketones (excluding diaryl/α,β-unsaturated/α-hetero) is 1. The van der Waals surface area contributed by atoms with E-state index in [9.17, 15) is 37.8 Å². The number of aromatic nitrogens is 5. The number of rotatable bonds is 8. The molecule has 1 atom stereocenters. The number of halogens is 3. The fourth-order valence-electron chi connectivity index (χ4n) is 7.47. The molecule has 3 aromatic carbocycles. The van der Waals surface area contributed by atoms with Crippen molar-refractivity contribution < 1.29 is 47.1 Å². The second kappa shape index (κ2) is 13.0. The number of phenolic OH excluding ortho intramolecular Hbond substituents is 2. The Morgan fingerprint density at radius 2 is 1.65 bits per heavy atom. The van der Waals surface area contributed by atoms with Crippen molar-refractivity contribution in [1.82, 2.24) is 24.3 Å². The molecule has 0 saturated carbocycles. The fraction of sp³-hybridized carbons (Fsp3) is 0.225. The van der Waals surface area contributed by atoms with Gasteiger partial charge in [-0.15, -0.1) is 13.2 Å². The van der Waals surface area contributed by atoms with E-state index in [1.807, 2.05) is 6.07 Å². The van der Waals surface area contributed by atoms with Gasteiger partial charge in [0, 0.05) is 18.2 Å². The quantitative estimate of drug-likeness (QED) is 0.165. The molecule has 1 aliphatic carbocycles. The van der Waals surface area contributed by atoms with Crippen LogP contribution in [0.15, 0.2) is 69.9 Å². The van der Waals surface area contributed by atoms with Crippen molar-refractivity contribution in [3.05, 3.63) is 115 Å². The molecule has 14 nitrogen and oxygen atoms in total. The highest BCUT2D eigenvalue weighted by Gasteiger charge is 2.55. The summed E-state index contributed by atoms with van der Waals surface area (Å²) in [6.45, 7) is 4.71. The lowest BCUT2D eigenvalue weighted by atomic mass is 9.71. The van der Waals surface area contributed by atoms with E-state index in [2.05, 4.69) is 14.8 Å². The Morgan fingerprint density at radius 1 is 0.930 bits per heavy atom. The van der Waals surface area contributed by atoms with Crippen LogP contribution in [0.3, 0.4) is 0 Å². The number of carbonyl (C=O) groups excluding carboxylic acids is 1. The van der Waals surface area contributed by atoms with E-state index in [4.69, 9.17) is 19.2 Å². The highest BCUT2D eigenvalue weighted by molar-refractivity contribution is 6.14. The van der Waals surface area contributed by atoms with E-state index >= 15 is 0 Å². The van der Waals surface area contributed by atoms with Crippen LogP contribution in [0.4, 0.5) is 13.2 Å². The number of aromatic hydroxyl groups is 2. The van der Waals surface area contributed by atoms with Crippen LogP contribution in [-0.2, 0) is 18.4 Å². The van der Waals surface area contributed by atoms with Crippen molar-refractivity contribution in [3.63, 3.8) is 0 Å². The minimum Gasteiger partial charge on any atom is -0.507 e. The highest BCUT2D eigenvalue weighted by Crippen LogP contribution is 2.60. The van der Waals surface area contributed by atoms with E-state index in [0.717, 1.165) is 17.7 Å². The number of benzene rings is 3. The van der Waals surface area contributed by atoms with Gasteiger partial charge in [0.1, 0.15) is 39.8 Å². The molecule has 4 heterocycles. The third-order valence-electron chi connectivity index (χ3n) is 10.4. The molecular formula is C40H32F3N5O9. The number of phenols is 2. The van der Waals surface area contributed by atoms with Crippen LogP contribution >= 0.6 is 0 Å². The lowest BCUT2D eigenvalue weighted by Crippen LogP contribution is -2.36. The summed E-state index contributed by atoms with van der Waals surface area (Å²) in [4.78, 5) is 47.9. The molecule has 8 rings (SSSR count). The number of allylic oxidation sites excluding steroid dienone is 1. The first-order chi connectivity index (χ1) is 27.0. The zero-order chi connectivity index (χ0) is 40.7. The summed E-state index contributed by atoms with van der Waals surface area (Å²) in [7, 11) is 3.02. The summed E-state index contributed by atoms with van der Waals surface area (Å²) in [6.07, 6.45) is -3.01. The molecule has 3 aromatic heterocycles. The first-order valence-corrected chi connectivity index (χ1v) is 17.4. The summed E-state index contributed by atoms with van der Waals surface area (Å²) in [5, 5.41) is 27.8. The summed E-state index contributed by atoms with van der Waals surface area (Å²) in [5.74, 6) is -0.750. The SMILES string of the molecule is COc1ccc(CCn2c(=O)[nH]c(=O)c3ccc(-c4c(O)c(C)c(O)c5c4OC4=Cc6c(c(C)nn6-c6ccc(OC(F)(F)F)cc6)C(=O)C45C)nc32)cc1OC. The molecule has 1 aliphatic heterocycles. The smallest absolute Gasteiger partial charge is 0.507 e. The predicted molar refractivity (Wildman–Crippen MR) is 199 cm³/mol. The molecular weight excluding hydrogens is 751 g/mol. The lowest BCUT2D eigenvalue weighted by Gasteiger charge is -2.27. The monoisotopic (exact) mass is 783 g/mol. The van der Waals surface area contributed by atoms with Crippen LogP contribution in [0.5, 0.6) is 34.5 Å². The van der Waals surface area contributed by atoms with Crippen molar-refractivity contribution in [2.75, 3.05) is 14.2 Å². The van der Waals surface area contributed by atoms with Gasteiger partial charge in [0.2, 0.25) is 0 Å². The molecule has 0 bridgehead atoms. The van der Waals surface area contributed by atoms with E-state index < -0.39 is 46.1 Å². The summed E-state index contributed by atoms with van der Waals surface area (Å²) in [5.41, 5.74) is -1.01. The van der Waals surface area contributed by atoms with Gasteiger partial charge in [-0.05, 0) is 81.3 Å². The lowest BCUT2D eigenvalue weighted by molar-refractivity contribution is -0.274. The van der Waals surface area contributed by atoms with Gasteiger partial charge in [0.15, 0.2) is 17.3 Å². The molecule has 3 N–H and O–H groups in total. The Morgan fingerprint density at radius 3 is 2.33 bits per heavy atom. The normalized spacial score (nSPS) is 15.8. The maximum Gasteiger partial charge on any atom is 0.573 e. The molecule has 17 heteroatoms.